The molecule has 0 radical (unpaired) electrons. The topological polar surface area (TPSA) is 112 Å². The van der Waals surface area contributed by atoms with Gasteiger partial charge in [0.2, 0.25) is 5.91 Å². The number of benzene rings is 2. The Balaban J connectivity index is 0.000000821. The van der Waals surface area contributed by atoms with E-state index in [1.165, 1.54) is 10.9 Å². The van der Waals surface area contributed by atoms with Crippen LogP contribution in [0.2, 0.25) is 0 Å². The molecule has 1 fully saturated rings. The molecule has 3 aromatic rings. The summed E-state index contributed by atoms with van der Waals surface area (Å²) in [4.78, 5) is 24.4. The molecule has 2 aliphatic heterocycles. The average Bonchev–Trinajstić information content (AvgIpc) is 3.44. The number of carbonyl (C=O) groups is 2. The smallest absolute Gasteiger partial charge is 0.290 e. The lowest BCUT2D eigenvalue weighted by molar-refractivity contribution is -0.123. The Morgan fingerprint density at radius 3 is 2.48 bits per heavy atom. The van der Waals surface area contributed by atoms with Crippen LogP contribution >= 0.6 is 0 Å². The quantitative estimate of drug-likeness (QED) is 0.562. The molecule has 33 heavy (non-hydrogen) atoms. The molecule has 0 spiro atoms. The maximum Gasteiger partial charge on any atom is 0.290 e. The van der Waals surface area contributed by atoms with Crippen molar-refractivity contribution in [3.05, 3.63) is 54.2 Å². The molecule has 1 aromatic heterocycles. The van der Waals surface area contributed by atoms with E-state index in [0.29, 0.717) is 18.5 Å². The van der Waals surface area contributed by atoms with E-state index in [1.54, 1.807) is 29.3 Å². The number of amides is 1. The molecule has 2 aromatic carbocycles. The van der Waals surface area contributed by atoms with E-state index in [-0.39, 0.29) is 17.3 Å². The first-order valence-corrected chi connectivity index (χ1v) is 12.1. The summed E-state index contributed by atoms with van der Waals surface area (Å²) in [5, 5.41) is 11.1. The highest BCUT2D eigenvalue weighted by Crippen LogP contribution is 2.32. The fourth-order valence-electron chi connectivity index (χ4n) is 4.40. The van der Waals surface area contributed by atoms with Crippen LogP contribution in [0.1, 0.15) is 12.5 Å². The summed E-state index contributed by atoms with van der Waals surface area (Å²) in [7, 11) is -3.75. The highest BCUT2D eigenvalue weighted by molar-refractivity contribution is 7.90. The van der Waals surface area contributed by atoms with Gasteiger partial charge in [0.25, 0.3) is 16.5 Å². The van der Waals surface area contributed by atoms with Crippen LogP contribution in [0.5, 0.6) is 0 Å². The van der Waals surface area contributed by atoms with Gasteiger partial charge in [0.05, 0.1) is 10.4 Å². The van der Waals surface area contributed by atoms with Gasteiger partial charge in [-0.15, -0.1) is 0 Å². The average molecular weight is 471 g/mol. The van der Waals surface area contributed by atoms with Gasteiger partial charge in [0, 0.05) is 62.6 Å². The largest absolute Gasteiger partial charge is 0.483 e. The van der Waals surface area contributed by atoms with E-state index in [4.69, 9.17) is 9.90 Å². The van der Waals surface area contributed by atoms with Gasteiger partial charge in [-0.3, -0.25) is 9.59 Å². The van der Waals surface area contributed by atoms with Gasteiger partial charge < -0.3 is 20.2 Å². The van der Waals surface area contributed by atoms with E-state index in [1.807, 2.05) is 18.2 Å². The minimum atomic E-state index is -3.75. The first-order chi connectivity index (χ1) is 15.9. The molecule has 0 unspecified atom stereocenters. The van der Waals surface area contributed by atoms with Crippen LogP contribution in [0.4, 0.5) is 11.4 Å². The molecule has 5 rings (SSSR count). The zero-order valence-corrected chi connectivity index (χ0v) is 19.1. The predicted molar refractivity (Wildman–Crippen MR) is 126 cm³/mol. The fourth-order valence-corrected chi connectivity index (χ4v) is 5.80. The van der Waals surface area contributed by atoms with E-state index < -0.39 is 10.0 Å². The van der Waals surface area contributed by atoms with Crippen LogP contribution in [0.3, 0.4) is 0 Å². The van der Waals surface area contributed by atoms with Crippen LogP contribution < -0.4 is 15.1 Å². The summed E-state index contributed by atoms with van der Waals surface area (Å²) in [6.45, 7) is 5.51. The first-order valence-electron chi connectivity index (χ1n) is 10.7. The highest BCUT2D eigenvalue weighted by Gasteiger charge is 2.26. The molecule has 3 heterocycles. The number of nitrogens with zero attached hydrogens (tertiary/aromatic N) is 3. The lowest BCUT2D eigenvalue weighted by Crippen LogP contribution is -2.43. The zero-order valence-electron chi connectivity index (χ0n) is 18.3. The number of piperazine rings is 1. The second-order valence-electron chi connectivity index (χ2n) is 7.91. The van der Waals surface area contributed by atoms with Gasteiger partial charge in [-0.1, -0.05) is 6.07 Å². The van der Waals surface area contributed by atoms with Crippen molar-refractivity contribution in [2.75, 3.05) is 42.5 Å². The maximum absolute atomic E-state index is 13.5. The summed E-state index contributed by atoms with van der Waals surface area (Å²) in [6, 6.07) is 12.9. The fraction of sp³-hybridized carbons (Fsp3) is 0.304. The number of rotatable bonds is 3. The van der Waals surface area contributed by atoms with Crippen LogP contribution in [-0.4, -0.2) is 62.6 Å². The summed E-state index contributed by atoms with van der Waals surface area (Å²) in [5.41, 5.74) is 3.41. The Kier molecular flexibility index (Phi) is 6.39. The molecule has 1 saturated heterocycles. The zero-order chi connectivity index (χ0) is 23.6. The first kappa shape index (κ1) is 22.8. The summed E-state index contributed by atoms with van der Waals surface area (Å²) in [5.74, 6) is -0.0267. The lowest BCUT2D eigenvalue weighted by atomic mass is 10.2. The van der Waals surface area contributed by atoms with Gasteiger partial charge in [0.1, 0.15) is 0 Å². The molecule has 10 heteroatoms. The predicted octanol–water partition coefficient (Wildman–Crippen LogP) is 1.90. The second kappa shape index (κ2) is 9.24. The number of nitrogens with one attached hydrogen (secondary N) is 1. The highest BCUT2D eigenvalue weighted by atomic mass is 32.2. The number of hydrogen-bond acceptors (Lipinski definition) is 6. The van der Waals surface area contributed by atoms with Crippen molar-refractivity contribution < 1.29 is 23.1 Å². The summed E-state index contributed by atoms with van der Waals surface area (Å²) in [6.07, 6.45) is 2.29. The van der Waals surface area contributed by atoms with Gasteiger partial charge in [-0.05, 0) is 48.4 Å². The molecule has 174 valence electrons. The molecule has 0 aliphatic carbocycles. The number of carbonyl (C=O) groups excluding carboxylic acids is 1. The van der Waals surface area contributed by atoms with Crippen molar-refractivity contribution in [3.8, 4) is 0 Å². The molecule has 0 atom stereocenters. The van der Waals surface area contributed by atoms with Crippen molar-refractivity contribution in [1.29, 1.82) is 0 Å². The molecular formula is C23H26N4O5S. The van der Waals surface area contributed by atoms with Crippen molar-refractivity contribution in [2.45, 2.75) is 18.2 Å². The second-order valence-corrected chi connectivity index (χ2v) is 9.73. The van der Waals surface area contributed by atoms with Crippen LogP contribution in [0.15, 0.2) is 53.6 Å². The van der Waals surface area contributed by atoms with Gasteiger partial charge in [0.15, 0.2) is 0 Å². The molecule has 9 nitrogen and oxygen atoms in total. The Labute approximate surface area is 192 Å². The molecule has 2 aliphatic rings. The van der Waals surface area contributed by atoms with Crippen LogP contribution in [0, 0.1) is 0 Å². The maximum atomic E-state index is 13.5. The van der Waals surface area contributed by atoms with Crippen molar-refractivity contribution >= 4 is 44.7 Å². The summed E-state index contributed by atoms with van der Waals surface area (Å²) < 4.78 is 28.3. The third-order valence-corrected chi connectivity index (χ3v) is 7.69. The van der Waals surface area contributed by atoms with E-state index >= 15 is 0 Å². The molecular weight excluding hydrogens is 444 g/mol. The molecule has 2 N–H and O–H groups in total. The minimum Gasteiger partial charge on any atom is -0.483 e. The van der Waals surface area contributed by atoms with E-state index in [2.05, 4.69) is 16.3 Å². The number of fused-ring (bicyclic) bond motifs is 2. The minimum absolute atomic E-state index is 0.0267. The van der Waals surface area contributed by atoms with E-state index in [9.17, 15) is 13.2 Å². The lowest BCUT2D eigenvalue weighted by Gasteiger charge is -2.29. The Hall–Kier alpha value is -3.37. The number of anilines is 2. The van der Waals surface area contributed by atoms with Crippen LogP contribution in [0.25, 0.3) is 10.9 Å². The number of carboxylic acid groups (broad SMARTS) is 1. The van der Waals surface area contributed by atoms with Crippen molar-refractivity contribution in [3.63, 3.8) is 0 Å². The molecule has 1 amide bonds. The Morgan fingerprint density at radius 2 is 1.79 bits per heavy atom. The molecule has 0 bridgehead atoms. The third-order valence-electron chi connectivity index (χ3n) is 6.01. The van der Waals surface area contributed by atoms with E-state index in [0.717, 1.165) is 48.5 Å². The Bertz CT molecular complexity index is 1300. The number of aromatic nitrogens is 1. The van der Waals surface area contributed by atoms with Gasteiger partial charge in [-0.25, -0.2) is 12.4 Å². The van der Waals surface area contributed by atoms with Crippen molar-refractivity contribution in [2.24, 2.45) is 0 Å². The standard InChI is InChI=1S/C22H24N4O3S.CH2O2/c1-16(27)25-10-6-18-14-20(4-5-21(18)25)30(28,29)26-11-7-17-2-3-19(15-22(17)26)24-12-8-23-9-13-24;2-1-3/h2-5,7,11,14-15,23H,6,8-10,12-13H2,1H3;1H,(H,2,3). The Morgan fingerprint density at radius 1 is 1.06 bits per heavy atom. The third kappa shape index (κ3) is 4.31. The SMILES string of the molecule is CC(=O)N1CCc2cc(S(=O)(=O)n3ccc4ccc(N5CCNCC5)cc43)ccc21.O=CO. The van der Waals surface area contributed by atoms with Gasteiger partial charge >= 0.3 is 0 Å². The monoisotopic (exact) mass is 470 g/mol. The van der Waals surface area contributed by atoms with Crippen molar-refractivity contribution in [1.82, 2.24) is 9.29 Å². The normalized spacial score (nSPS) is 15.7. The molecule has 0 saturated carbocycles. The van der Waals surface area contributed by atoms with Gasteiger partial charge in [-0.2, -0.15) is 0 Å². The summed E-state index contributed by atoms with van der Waals surface area (Å²) >= 11 is 0. The van der Waals surface area contributed by atoms with Crippen LogP contribution in [-0.2, 0) is 26.0 Å². The number of hydrogen-bond donors (Lipinski definition) is 2.